The van der Waals surface area contributed by atoms with Crippen molar-refractivity contribution in [1.29, 1.82) is 0 Å². The second-order valence-electron chi connectivity index (χ2n) is 3.97. The summed E-state index contributed by atoms with van der Waals surface area (Å²) >= 11 is 0. The number of hydrogen-bond acceptors (Lipinski definition) is 3. The van der Waals surface area contributed by atoms with Crippen LogP contribution >= 0.6 is 0 Å². The Labute approximate surface area is 98.3 Å². The second-order valence-corrected chi connectivity index (χ2v) is 3.97. The van der Waals surface area contributed by atoms with Crippen LogP contribution in [0.2, 0.25) is 0 Å². The van der Waals surface area contributed by atoms with Crippen LogP contribution in [-0.4, -0.2) is 34.1 Å². The van der Waals surface area contributed by atoms with Gasteiger partial charge in [-0.2, -0.15) is 0 Å². The highest BCUT2D eigenvalue weighted by molar-refractivity contribution is 5.85. The summed E-state index contributed by atoms with van der Waals surface area (Å²) < 4.78 is 0. The Bertz CT molecular complexity index is 342. The van der Waals surface area contributed by atoms with Crippen molar-refractivity contribution in [2.45, 2.75) is 31.7 Å². The van der Waals surface area contributed by atoms with Crippen molar-refractivity contribution in [3.63, 3.8) is 0 Å². The van der Waals surface area contributed by atoms with Crippen molar-refractivity contribution in [3.8, 4) is 0 Å². The van der Waals surface area contributed by atoms with Crippen LogP contribution < -0.4 is 5.32 Å². The van der Waals surface area contributed by atoms with Crippen molar-refractivity contribution in [2.24, 2.45) is 5.92 Å². The van der Waals surface area contributed by atoms with Gasteiger partial charge in [-0.15, -0.1) is 0 Å². The molecular weight excluding hydrogens is 226 g/mol. The molecule has 1 aliphatic rings. The van der Waals surface area contributed by atoms with Gasteiger partial charge < -0.3 is 15.5 Å². The molecule has 0 heterocycles. The number of amides is 1. The number of carbonyl (C=O) groups excluding carboxylic acids is 1. The summed E-state index contributed by atoms with van der Waals surface area (Å²) in [6.07, 6.45) is 4.58. The maximum atomic E-state index is 11.6. The lowest BCUT2D eigenvalue weighted by atomic mass is 10.0. The molecule has 0 aromatic carbocycles. The number of hydrogen-bond donors (Lipinski definition) is 3. The first kappa shape index (κ1) is 13.2. The van der Waals surface area contributed by atoms with Gasteiger partial charge in [0.1, 0.15) is 6.04 Å². The molecule has 0 aromatic heterocycles. The maximum absolute atomic E-state index is 11.6. The van der Waals surface area contributed by atoms with E-state index in [-0.39, 0.29) is 24.7 Å². The molecule has 0 saturated heterocycles. The normalized spacial score (nSPS) is 16.7. The highest BCUT2D eigenvalue weighted by Gasteiger charge is 2.25. The molecule has 1 rings (SSSR count). The molecule has 1 atom stereocenters. The molecule has 6 nitrogen and oxygen atoms in total. The smallest absolute Gasteiger partial charge is 0.326 e. The Morgan fingerprint density at radius 1 is 1.24 bits per heavy atom. The average molecular weight is 241 g/mol. The zero-order valence-electron chi connectivity index (χ0n) is 9.26. The molecule has 0 fully saturated rings. The number of rotatable bonds is 6. The Hall–Kier alpha value is -1.85. The molecule has 6 heteroatoms. The molecule has 3 N–H and O–H groups in total. The molecule has 1 amide bonds. The molecule has 0 aliphatic heterocycles. The van der Waals surface area contributed by atoms with Gasteiger partial charge in [-0.25, -0.2) is 4.79 Å². The Kier molecular flexibility index (Phi) is 4.68. The zero-order chi connectivity index (χ0) is 12.8. The van der Waals surface area contributed by atoms with Gasteiger partial charge in [-0.1, -0.05) is 12.2 Å². The fraction of sp³-hybridized carbons (Fsp3) is 0.545. The van der Waals surface area contributed by atoms with Crippen LogP contribution in [0.25, 0.3) is 0 Å². The van der Waals surface area contributed by atoms with E-state index >= 15 is 0 Å². The molecule has 0 aromatic rings. The summed E-state index contributed by atoms with van der Waals surface area (Å²) in [7, 11) is 0. The highest BCUT2D eigenvalue weighted by Crippen LogP contribution is 2.18. The topological polar surface area (TPSA) is 104 Å². The number of nitrogens with one attached hydrogen (secondary N) is 1. The molecule has 0 spiro atoms. The van der Waals surface area contributed by atoms with E-state index < -0.39 is 18.0 Å². The van der Waals surface area contributed by atoms with E-state index in [0.29, 0.717) is 12.8 Å². The molecule has 17 heavy (non-hydrogen) atoms. The highest BCUT2D eigenvalue weighted by atomic mass is 16.4. The van der Waals surface area contributed by atoms with Crippen LogP contribution in [0.4, 0.5) is 0 Å². The third-order valence-corrected chi connectivity index (χ3v) is 2.64. The van der Waals surface area contributed by atoms with Crippen LogP contribution in [0.1, 0.15) is 25.7 Å². The van der Waals surface area contributed by atoms with Crippen LogP contribution in [0, 0.1) is 5.92 Å². The summed E-state index contributed by atoms with van der Waals surface area (Å²) in [5.74, 6) is -2.83. The van der Waals surface area contributed by atoms with Crippen LogP contribution in [0.15, 0.2) is 12.2 Å². The molecular formula is C11H15NO5. The minimum absolute atomic E-state index is 0.101. The molecule has 0 radical (unpaired) electrons. The van der Waals surface area contributed by atoms with Gasteiger partial charge in [0.2, 0.25) is 5.91 Å². The van der Waals surface area contributed by atoms with Gasteiger partial charge in [0.15, 0.2) is 0 Å². The van der Waals surface area contributed by atoms with Crippen molar-refractivity contribution >= 4 is 17.8 Å². The number of carbonyl (C=O) groups is 3. The van der Waals surface area contributed by atoms with Crippen molar-refractivity contribution in [1.82, 2.24) is 5.32 Å². The fourth-order valence-corrected chi connectivity index (χ4v) is 1.65. The standard InChI is InChI=1S/C11H15NO5/c13-9(14)6-5-8(11(16)17)12-10(15)7-3-1-2-4-7/h1-2,7-8H,3-6H2,(H,12,15)(H,13,14)(H,16,17)/t8-/m0/s1. The SMILES string of the molecule is O=C(O)CC[C@H](NC(=O)C1CC=CC1)C(=O)O. The first-order valence-electron chi connectivity index (χ1n) is 5.40. The Morgan fingerprint density at radius 3 is 2.29 bits per heavy atom. The van der Waals surface area contributed by atoms with E-state index in [4.69, 9.17) is 10.2 Å². The van der Waals surface area contributed by atoms with Crippen LogP contribution in [-0.2, 0) is 14.4 Å². The summed E-state index contributed by atoms with van der Waals surface area (Å²) in [6.45, 7) is 0. The van der Waals surface area contributed by atoms with Gasteiger partial charge in [0.05, 0.1) is 0 Å². The van der Waals surface area contributed by atoms with E-state index in [1.54, 1.807) is 0 Å². The number of aliphatic carboxylic acids is 2. The molecule has 0 unspecified atom stereocenters. The van der Waals surface area contributed by atoms with Gasteiger partial charge in [-0.3, -0.25) is 9.59 Å². The molecule has 94 valence electrons. The third kappa shape index (κ3) is 4.26. The predicted molar refractivity (Wildman–Crippen MR) is 58.3 cm³/mol. The van der Waals surface area contributed by atoms with E-state index in [0.717, 1.165) is 0 Å². The molecule has 0 saturated carbocycles. The lowest BCUT2D eigenvalue weighted by Gasteiger charge is -2.16. The summed E-state index contributed by atoms with van der Waals surface area (Å²) in [6, 6.07) is -1.13. The number of allylic oxidation sites excluding steroid dienone is 2. The van der Waals surface area contributed by atoms with Gasteiger partial charge in [0.25, 0.3) is 0 Å². The van der Waals surface area contributed by atoms with Crippen LogP contribution in [0.5, 0.6) is 0 Å². The Balaban J connectivity index is 2.45. The number of carboxylic acids is 2. The summed E-state index contributed by atoms with van der Waals surface area (Å²) in [5, 5.41) is 19.7. The van der Waals surface area contributed by atoms with Gasteiger partial charge in [0, 0.05) is 12.3 Å². The first-order valence-corrected chi connectivity index (χ1v) is 5.40. The second kappa shape index (κ2) is 6.03. The van der Waals surface area contributed by atoms with Crippen molar-refractivity contribution in [2.75, 3.05) is 0 Å². The quantitative estimate of drug-likeness (QED) is 0.583. The van der Waals surface area contributed by atoms with E-state index in [1.165, 1.54) is 0 Å². The fourth-order valence-electron chi connectivity index (χ4n) is 1.65. The minimum atomic E-state index is -1.20. The zero-order valence-corrected chi connectivity index (χ0v) is 9.26. The molecule has 0 bridgehead atoms. The number of carboxylic acid groups (broad SMARTS) is 2. The van der Waals surface area contributed by atoms with E-state index in [2.05, 4.69) is 5.32 Å². The first-order chi connectivity index (χ1) is 8.00. The lowest BCUT2D eigenvalue weighted by Crippen LogP contribution is -2.43. The predicted octanol–water partition coefficient (Wildman–Crippen LogP) is 0.387. The summed E-state index contributed by atoms with van der Waals surface area (Å²) in [4.78, 5) is 32.8. The monoisotopic (exact) mass is 241 g/mol. The molecule has 1 aliphatic carbocycles. The van der Waals surface area contributed by atoms with Crippen molar-refractivity contribution in [3.05, 3.63) is 12.2 Å². The van der Waals surface area contributed by atoms with E-state index in [1.807, 2.05) is 12.2 Å². The van der Waals surface area contributed by atoms with Gasteiger partial charge in [-0.05, 0) is 19.3 Å². The average Bonchev–Trinajstić information content (AvgIpc) is 2.76. The lowest BCUT2D eigenvalue weighted by molar-refractivity contribution is -0.143. The van der Waals surface area contributed by atoms with E-state index in [9.17, 15) is 14.4 Å². The Morgan fingerprint density at radius 2 is 1.82 bits per heavy atom. The maximum Gasteiger partial charge on any atom is 0.326 e. The largest absolute Gasteiger partial charge is 0.481 e. The van der Waals surface area contributed by atoms with Crippen LogP contribution in [0.3, 0.4) is 0 Å². The van der Waals surface area contributed by atoms with Crippen molar-refractivity contribution < 1.29 is 24.6 Å². The third-order valence-electron chi connectivity index (χ3n) is 2.64. The summed E-state index contributed by atoms with van der Waals surface area (Å²) in [5.41, 5.74) is 0. The van der Waals surface area contributed by atoms with Gasteiger partial charge >= 0.3 is 11.9 Å². The minimum Gasteiger partial charge on any atom is -0.481 e.